The van der Waals surface area contributed by atoms with Crippen LogP contribution in [0.4, 0.5) is 10.1 Å². The zero-order valence-corrected chi connectivity index (χ0v) is 20.8. The number of carbonyl (C=O) groups is 1. The molecule has 10 heteroatoms. The molecule has 1 aliphatic rings. The van der Waals surface area contributed by atoms with Crippen molar-refractivity contribution in [3.8, 4) is 33.9 Å². The number of H-pyrrole nitrogens is 2. The number of halogens is 1. The first-order chi connectivity index (χ1) is 19.1. The third kappa shape index (κ3) is 4.19. The van der Waals surface area contributed by atoms with Crippen LogP contribution in [0, 0.1) is 11.7 Å². The summed E-state index contributed by atoms with van der Waals surface area (Å²) in [5.41, 5.74) is 5.73. The number of carbonyl (C=O) groups excluding carboxylic acids is 1. The molecule has 5 heterocycles. The van der Waals surface area contributed by atoms with E-state index in [0.717, 1.165) is 42.1 Å². The lowest BCUT2D eigenvalue weighted by molar-refractivity contribution is -0.119. The lowest BCUT2D eigenvalue weighted by Crippen LogP contribution is -2.20. The third-order valence-corrected chi connectivity index (χ3v) is 7.26. The molecule has 6 aromatic rings. The Morgan fingerprint density at radius 2 is 1.79 bits per heavy atom. The summed E-state index contributed by atoms with van der Waals surface area (Å²) >= 11 is 0. The Labute approximate surface area is 222 Å². The molecule has 0 atom stereocenters. The van der Waals surface area contributed by atoms with Crippen LogP contribution < -0.4 is 5.32 Å². The van der Waals surface area contributed by atoms with E-state index in [1.54, 1.807) is 49.2 Å². The predicted octanol–water partition coefficient (Wildman–Crippen LogP) is 5.89. The Bertz CT molecular complexity index is 1850. The molecule has 1 aliphatic carbocycles. The Morgan fingerprint density at radius 3 is 2.67 bits per heavy atom. The van der Waals surface area contributed by atoms with Gasteiger partial charge in [0.05, 0.1) is 41.0 Å². The molecule has 0 radical (unpaired) electrons. The van der Waals surface area contributed by atoms with Gasteiger partial charge in [0.25, 0.3) is 0 Å². The van der Waals surface area contributed by atoms with E-state index in [9.17, 15) is 9.18 Å². The minimum atomic E-state index is -0.340. The van der Waals surface area contributed by atoms with Gasteiger partial charge in [-0.25, -0.2) is 9.37 Å². The summed E-state index contributed by atoms with van der Waals surface area (Å²) in [6.45, 7) is 0. The van der Waals surface area contributed by atoms with Gasteiger partial charge in [-0.1, -0.05) is 31.0 Å². The second-order valence-corrected chi connectivity index (χ2v) is 9.77. The molecule has 0 saturated heterocycles. The lowest BCUT2D eigenvalue weighted by Gasteiger charge is -2.11. The normalized spacial score (nSPS) is 13.9. The van der Waals surface area contributed by atoms with Crippen LogP contribution in [0.5, 0.6) is 0 Å². The van der Waals surface area contributed by atoms with Gasteiger partial charge in [-0.3, -0.25) is 24.8 Å². The zero-order valence-electron chi connectivity index (χ0n) is 20.8. The first-order valence-corrected chi connectivity index (χ1v) is 12.8. The van der Waals surface area contributed by atoms with Crippen LogP contribution in [0.1, 0.15) is 25.7 Å². The van der Waals surface area contributed by atoms with Gasteiger partial charge in [0.2, 0.25) is 5.91 Å². The number of hydrogen-bond acceptors (Lipinski definition) is 6. The van der Waals surface area contributed by atoms with E-state index in [1.807, 2.05) is 12.1 Å². The van der Waals surface area contributed by atoms with Gasteiger partial charge in [-0.2, -0.15) is 5.10 Å². The van der Waals surface area contributed by atoms with Crippen LogP contribution in [-0.4, -0.2) is 41.0 Å². The van der Waals surface area contributed by atoms with Gasteiger partial charge in [0.1, 0.15) is 17.0 Å². The highest BCUT2D eigenvalue weighted by Gasteiger charge is 2.23. The highest BCUT2D eigenvalue weighted by Crippen LogP contribution is 2.33. The van der Waals surface area contributed by atoms with Crippen LogP contribution in [0.15, 0.2) is 67.4 Å². The number of amides is 1. The highest BCUT2D eigenvalue weighted by atomic mass is 19.1. The smallest absolute Gasteiger partial charge is 0.227 e. The maximum atomic E-state index is 14.6. The molecule has 39 heavy (non-hydrogen) atoms. The van der Waals surface area contributed by atoms with Gasteiger partial charge in [0, 0.05) is 40.4 Å². The van der Waals surface area contributed by atoms with Gasteiger partial charge >= 0.3 is 0 Å². The van der Waals surface area contributed by atoms with E-state index in [0.29, 0.717) is 45.1 Å². The number of aromatic amines is 2. The fourth-order valence-corrected chi connectivity index (χ4v) is 5.26. The molecular formula is C29H23FN8O. The topological polar surface area (TPSA) is 125 Å². The van der Waals surface area contributed by atoms with Crippen molar-refractivity contribution in [3.05, 3.63) is 73.2 Å². The van der Waals surface area contributed by atoms with Crippen molar-refractivity contribution in [2.24, 2.45) is 5.92 Å². The van der Waals surface area contributed by atoms with Crippen molar-refractivity contribution in [1.82, 2.24) is 35.1 Å². The summed E-state index contributed by atoms with van der Waals surface area (Å²) in [6, 6.07) is 10.4. The molecule has 5 aromatic heterocycles. The van der Waals surface area contributed by atoms with Crippen molar-refractivity contribution in [2.45, 2.75) is 25.7 Å². The Hall–Kier alpha value is -4.99. The van der Waals surface area contributed by atoms with Crippen LogP contribution in [0.25, 0.3) is 55.8 Å². The second kappa shape index (κ2) is 9.39. The van der Waals surface area contributed by atoms with Crippen molar-refractivity contribution in [2.75, 3.05) is 5.32 Å². The van der Waals surface area contributed by atoms with E-state index >= 15 is 0 Å². The predicted molar refractivity (Wildman–Crippen MR) is 146 cm³/mol. The average Bonchev–Trinajstić information content (AvgIpc) is 3.73. The van der Waals surface area contributed by atoms with Crippen molar-refractivity contribution < 1.29 is 9.18 Å². The summed E-state index contributed by atoms with van der Waals surface area (Å²) in [7, 11) is 0. The van der Waals surface area contributed by atoms with E-state index < -0.39 is 0 Å². The highest BCUT2D eigenvalue weighted by molar-refractivity contribution is 5.98. The van der Waals surface area contributed by atoms with Crippen LogP contribution in [-0.2, 0) is 4.79 Å². The van der Waals surface area contributed by atoms with Crippen molar-refractivity contribution in [3.63, 3.8) is 0 Å². The second-order valence-electron chi connectivity index (χ2n) is 9.77. The molecule has 1 fully saturated rings. The molecule has 0 unspecified atom stereocenters. The number of anilines is 1. The van der Waals surface area contributed by atoms with Crippen molar-refractivity contribution >= 4 is 33.5 Å². The van der Waals surface area contributed by atoms with Gasteiger partial charge in [0.15, 0.2) is 5.82 Å². The number of fused-ring (bicyclic) bond motifs is 2. The van der Waals surface area contributed by atoms with Crippen molar-refractivity contribution in [1.29, 1.82) is 0 Å². The number of nitrogens with one attached hydrogen (secondary N) is 3. The molecule has 0 spiro atoms. The number of hydrogen-bond donors (Lipinski definition) is 3. The zero-order chi connectivity index (χ0) is 26.3. The van der Waals surface area contributed by atoms with Crippen LogP contribution in [0.3, 0.4) is 0 Å². The summed E-state index contributed by atoms with van der Waals surface area (Å²) in [5.74, 6) is 0.290. The molecular weight excluding hydrogens is 495 g/mol. The Kier molecular flexibility index (Phi) is 5.58. The summed E-state index contributed by atoms with van der Waals surface area (Å²) in [4.78, 5) is 33.9. The largest absolute Gasteiger partial charge is 0.335 e. The molecule has 7 rings (SSSR count). The Balaban J connectivity index is 1.25. The van der Waals surface area contributed by atoms with Crippen LogP contribution >= 0.6 is 0 Å². The summed E-state index contributed by atoms with van der Waals surface area (Å²) in [5, 5.41) is 11.3. The number of benzene rings is 1. The number of aromatic nitrogens is 7. The maximum absolute atomic E-state index is 14.6. The molecule has 1 aromatic carbocycles. The first-order valence-electron chi connectivity index (χ1n) is 12.8. The lowest BCUT2D eigenvalue weighted by atomic mass is 10.1. The SMILES string of the molecule is O=C(Nc1cncc(-c2cc3c(-c4nc5c(-c6ccccc6F)cncc5[nH]4)n[nH]c3cn2)c1)C1CCCC1. The molecule has 3 N–H and O–H groups in total. The maximum Gasteiger partial charge on any atom is 0.227 e. The van der Waals surface area contributed by atoms with E-state index in [2.05, 4.69) is 35.5 Å². The van der Waals surface area contributed by atoms with Crippen LogP contribution in [0.2, 0.25) is 0 Å². The monoisotopic (exact) mass is 518 g/mol. The third-order valence-electron chi connectivity index (χ3n) is 7.26. The van der Waals surface area contributed by atoms with Gasteiger partial charge < -0.3 is 10.3 Å². The van der Waals surface area contributed by atoms with Gasteiger partial charge in [-0.15, -0.1) is 0 Å². The number of imidazole rings is 1. The fourth-order valence-electron chi connectivity index (χ4n) is 5.26. The molecule has 0 bridgehead atoms. The summed E-state index contributed by atoms with van der Waals surface area (Å²) in [6.07, 6.45) is 12.4. The quantitative estimate of drug-likeness (QED) is 0.261. The fraction of sp³-hybridized carbons (Fsp3) is 0.172. The first kappa shape index (κ1) is 23.2. The van der Waals surface area contributed by atoms with Gasteiger partial charge in [-0.05, 0) is 31.0 Å². The number of pyridine rings is 3. The van der Waals surface area contributed by atoms with E-state index in [4.69, 9.17) is 4.98 Å². The summed E-state index contributed by atoms with van der Waals surface area (Å²) < 4.78 is 14.6. The number of rotatable bonds is 5. The molecule has 0 aliphatic heterocycles. The van der Waals surface area contributed by atoms with E-state index in [1.165, 1.54) is 6.07 Å². The average molecular weight is 519 g/mol. The number of nitrogens with zero attached hydrogens (tertiary/aromatic N) is 5. The Morgan fingerprint density at radius 1 is 0.949 bits per heavy atom. The molecule has 192 valence electrons. The molecule has 1 amide bonds. The standard InChI is InChI=1S/C29H23FN8O/c30-22-8-4-3-7-19(22)21-13-32-14-25-26(21)36-28(35-25)27-20-10-23(33-15-24(20)37-38-27)17-9-18(12-31-11-17)34-29(39)16-5-1-2-6-16/h3-4,7-16H,1-2,5-6H2,(H,34,39)(H,35,36)(H,37,38). The molecule has 1 saturated carbocycles. The molecule has 9 nitrogen and oxygen atoms in total. The minimum absolute atomic E-state index is 0.0427. The van der Waals surface area contributed by atoms with E-state index in [-0.39, 0.29) is 17.6 Å². The minimum Gasteiger partial charge on any atom is -0.335 e.